The molecule has 33 heavy (non-hydrogen) atoms. The van der Waals surface area contributed by atoms with E-state index < -0.39 is 5.25 Å². The molecule has 4 aromatic rings. The molecule has 0 aliphatic heterocycles. The molecular weight excluding hydrogens is 434 g/mol. The second-order valence-corrected chi connectivity index (χ2v) is 8.64. The molecule has 1 heterocycles. The fraction of sp³-hybridized carbons (Fsp3) is 0.192. The number of benzene rings is 3. The first-order chi connectivity index (χ1) is 16.0. The van der Waals surface area contributed by atoms with Crippen molar-refractivity contribution in [2.45, 2.75) is 24.3 Å². The van der Waals surface area contributed by atoms with E-state index in [1.54, 1.807) is 38.5 Å². The molecule has 0 aliphatic rings. The maximum Gasteiger partial charge on any atom is 0.196 e. The Kier molecular flexibility index (Phi) is 6.79. The van der Waals surface area contributed by atoms with Gasteiger partial charge in [-0.25, -0.2) is 0 Å². The van der Waals surface area contributed by atoms with Crippen molar-refractivity contribution < 1.29 is 14.3 Å². The third kappa shape index (κ3) is 4.93. The molecule has 4 rings (SSSR count). The highest BCUT2D eigenvalue weighted by Crippen LogP contribution is 2.39. The molecule has 7 heteroatoms. The van der Waals surface area contributed by atoms with Crippen molar-refractivity contribution in [2.75, 3.05) is 14.2 Å². The number of nitrogens with zero attached hydrogens (tertiary/aromatic N) is 3. The normalized spacial score (nSPS) is 11.8. The number of methoxy groups -OCH3 is 2. The molecule has 3 aromatic carbocycles. The number of aromatic nitrogens is 3. The van der Waals surface area contributed by atoms with Gasteiger partial charge in [-0.2, -0.15) is 0 Å². The zero-order valence-corrected chi connectivity index (χ0v) is 19.8. The predicted octanol–water partition coefficient (Wildman–Crippen LogP) is 5.62. The Balaban J connectivity index is 1.75. The van der Waals surface area contributed by atoms with Gasteiger partial charge in [0.05, 0.1) is 14.2 Å². The minimum absolute atomic E-state index is 0.0238. The molecule has 0 saturated heterocycles. The molecule has 6 nitrogen and oxygen atoms in total. The number of thioether (sulfide) groups is 1. The topological polar surface area (TPSA) is 66.2 Å². The van der Waals surface area contributed by atoms with Gasteiger partial charge >= 0.3 is 0 Å². The van der Waals surface area contributed by atoms with Crippen LogP contribution in [0.15, 0.2) is 78.0 Å². The summed E-state index contributed by atoms with van der Waals surface area (Å²) in [4.78, 5) is 13.7. The van der Waals surface area contributed by atoms with E-state index in [0.29, 0.717) is 16.5 Å². The number of aryl methyl sites for hydroxylation is 2. The van der Waals surface area contributed by atoms with Crippen LogP contribution in [-0.4, -0.2) is 34.8 Å². The first-order valence-corrected chi connectivity index (χ1v) is 11.4. The van der Waals surface area contributed by atoms with Gasteiger partial charge in [0.15, 0.2) is 10.9 Å². The van der Waals surface area contributed by atoms with E-state index in [2.05, 4.69) is 16.3 Å². The summed E-state index contributed by atoms with van der Waals surface area (Å²) >= 11 is 1.38. The SMILES string of the molecule is COc1ccc(C(=O)C(Sc2nnc(C)n2-c2cccc(C)c2)c2ccc(OC)cc2)cc1. The van der Waals surface area contributed by atoms with E-state index in [1.165, 1.54) is 11.8 Å². The van der Waals surface area contributed by atoms with Gasteiger partial charge in [-0.05, 0) is 73.5 Å². The van der Waals surface area contributed by atoms with E-state index in [1.807, 2.05) is 60.9 Å². The molecule has 1 atom stereocenters. The summed E-state index contributed by atoms with van der Waals surface area (Å²) in [5.41, 5.74) is 3.56. The summed E-state index contributed by atoms with van der Waals surface area (Å²) in [6, 6.07) is 22.9. The molecule has 1 aromatic heterocycles. The highest BCUT2D eigenvalue weighted by molar-refractivity contribution is 8.00. The monoisotopic (exact) mass is 459 g/mol. The molecule has 0 aliphatic carbocycles. The molecule has 0 amide bonds. The van der Waals surface area contributed by atoms with Gasteiger partial charge in [0.25, 0.3) is 0 Å². The molecule has 0 bridgehead atoms. The Hall–Kier alpha value is -3.58. The van der Waals surface area contributed by atoms with Crippen LogP contribution >= 0.6 is 11.8 Å². The largest absolute Gasteiger partial charge is 0.497 e. The number of Topliss-reactive ketones (excluding diaryl/α,β-unsaturated/α-hetero) is 1. The first kappa shape index (κ1) is 22.6. The lowest BCUT2D eigenvalue weighted by Gasteiger charge is -2.17. The Morgan fingerprint density at radius 2 is 1.52 bits per heavy atom. The number of rotatable bonds is 8. The second kappa shape index (κ2) is 9.92. The Morgan fingerprint density at radius 3 is 2.12 bits per heavy atom. The number of hydrogen-bond acceptors (Lipinski definition) is 6. The Bertz CT molecular complexity index is 1250. The summed E-state index contributed by atoms with van der Waals surface area (Å²) < 4.78 is 12.5. The van der Waals surface area contributed by atoms with E-state index in [-0.39, 0.29) is 5.78 Å². The van der Waals surface area contributed by atoms with Crippen LogP contribution in [0.25, 0.3) is 5.69 Å². The van der Waals surface area contributed by atoms with Gasteiger partial charge in [0, 0.05) is 11.3 Å². The molecule has 168 valence electrons. The maximum atomic E-state index is 13.7. The van der Waals surface area contributed by atoms with Gasteiger partial charge < -0.3 is 9.47 Å². The summed E-state index contributed by atoms with van der Waals surface area (Å²) in [7, 11) is 3.23. The van der Waals surface area contributed by atoms with Gasteiger partial charge in [-0.15, -0.1) is 10.2 Å². The second-order valence-electron chi connectivity index (χ2n) is 7.57. The van der Waals surface area contributed by atoms with Crippen molar-refractivity contribution in [1.29, 1.82) is 0 Å². The molecule has 0 spiro atoms. The van der Waals surface area contributed by atoms with Crippen LogP contribution in [0.1, 0.15) is 32.6 Å². The van der Waals surface area contributed by atoms with Crippen molar-refractivity contribution in [3.8, 4) is 17.2 Å². The third-order valence-electron chi connectivity index (χ3n) is 5.31. The van der Waals surface area contributed by atoms with E-state index >= 15 is 0 Å². The van der Waals surface area contributed by atoms with Crippen LogP contribution in [0.5, 0.6) is 11.5 Å². The van der Waals surface area contributed by atoms with Gasteiger partial charge in [0.2, 0.25) is 0 Å². The van der Waals surface area contributed by atoms with E-state index in [4.69, 9.17) is 9.47 Å². The minimum atomic E-state index is -0.517. The Labute approximate surface area is 197 Å². The summed E-state index contributed by atoms with van der Waals surface area (Å²) in [5, 5.41) is 8.84. The van der Waals surface area contributed by atoms with E-state index in [9.17, 15) is 4.79 Å². The molecule has 0 fully saturated rings. The van der Waals surface area contributed by atoms with E-state index in [0.717, 1.165) is 28.4 Å². The standard InChI is InChI=1S/C26H25N3O3S/c1-17-6-5-7-21(16-17)29-18(2)27-28-26(29)33-25(20-10-14-23(32-4)15-11-20)24(30)19-8-12-22(31-3)13-9-19/h5-16,25H,1-4H3. The van der Waals surface area contributed by atoms with Crippen molar-refractivity contribution >= 4 is 17.5 Å². The number of ether oxygens (including phenoxy) is 2. The highest BCUT2D eigenvalue weighted by Gasteiger charge is 2.27. The van der Waals surface area contributed by atoms with Crippen LogP contribution in [-0.2, 0) is 0 Å². The van der Waals surface area contributed by atoms with Crippen LogP contribution in [0.2, 0.25) is 0 Å². The lowest BCUT2D eigenvalue weighted by atomic mass is 10.0. The quantitative estimate of drug-likeness (QED) is 0.252. The van der Waals surface area contributed by atoms with Crippen molar-refractivity contribution in [2.24, 2.45) is 0 Å². The number of hydrogen-bond donors (Lipinski definition) is 0. The van der Waals surface area contributed by atoms with Crippen LogP contribution in [0.3, 0.4) is 0 Å². The van der Waals surface area contributed by atoms with Gasteiger partial charge in [0.1, 0.15) is 22.6 Å². The fourth-order valence-electron chi connectivity index (χ4n) is 3.55. The van der Waals surface area contributed by atoms with Crippen molar-refractivity contribution in [3.63, 3.8) is 0 Å². The van der Waals surface area contributed by atoms with Gasteiger partial charge in [-0.3, -0.25) is 9.36 Å². The fourth-order valence-corrected chi connectivity index (χ4v) is 4.73. The van der Waals surface area contributed by atoms with Gasteiger partial charge in [-0.1, -0.05) is 36.0 Å². The highest BCUT2D eigenvalue weighted by atomic mass is 32.2. The van der Waals surface area contributed by atoms with Crippen LogP contribution in [0.4, 0.5) is 0 Å². The average molecular weight is 460 g/mol. The maximum absolute atomic E-state index is 13.7. The molecular formula is C26H25N3O3S. The smallest absolute Gasteiger partial charge is 0.196 e. The molecule has 0 radical (unpaired) electrons. The predicted molar refractivity (Wildman–Crippen MR) is 130 cm³/mol. The zero-order chi connectivity index (χ0) is 23.4. The van der Waals surface area contributed by atoms with Crippen molar-refractivity contribution in [3.05, 3.63) is 95.3 Å². The molecule has 0 saturated carbocycles. The van der Waals surface area contributed by atoms with Crippen LogP contribution < -0.4 is 9.47 Å². The lowest BCUT2D eigenvalue weighted by molar-refractivity contribution is 0.0989. The number of ketones is 1. The van der Waals surface area contributed by atoms with Crippen LogP contribution in [0, 0.1) is 13.8 Å². The zero-order valence-electron chi connectivity index (χ0n) is 19.0. The summed E-state index contributed by atoms with van der Waals surface area (Å²) in [5.74, 6) is 2.17. The lowest BCUT2D eigenvalue weighted by Crippen LogP contribution is -2.11. The molecule has 1 unspecified atom stereocenters. The average Bonchev–Trinajstić information content (AvgIpc) is 3.22. The minimum Gasteiger partial charge on any atom is -0.497 e. The molecule has 0 N–H and O–H groups in total. The first-order valence-electron chi connectivity index (χ1n) is 10.5. The summed E-state index contributed by atoms with van der Waals surface area (Å²) in [6.45, 7) is 3.95. The number of carbonyl (C=O) groups excluding carboxylic acids is 1. The number of carbonyl (C=O) groups is 1. The van der Waals surface area contributed by atoms with Crippen molar-refractivity contribution in [1.82, 2.24) is 14.8 Å². The Morgan fingerprint density at radius 1 is 0.879 bits per heavy atom. The third-order valence-corrected chi connectivity index (χ3v) is 6.51. The summed E-state index contributed by atoms with van der Waals surface area (Å²) in [6.07, 6.45) is 0.